The number of carbonyl (C=O) groups excluding carboxylic acids is 1. The molecule has 0 aromatic heterocycles. The Morgan fingerprint density at radius 2 is 1.71 bits per heavy atom. The van der Waals surface area contributed by atoms with Crippen molar-refractivity contribution in [1.82, 2.24) is 0 Å². The maximum atomic E-state index is 12.2. The zero-order valence-corrected chi connectivity index (χ0v) is 16.7. The van der Waals surface area contributed by atoms with Crippen LogP contribution >= 0.6 is 11.6 Å². The summed E-state index contributed by atoms with van der Waals surface area (Å²) in [5, 5.41) is 9.98. The number of Topliss-reactive ketones (excluding diaryl/α,β-unsaturated/α-hetero) is 1. The van der Waals surface area contributed by atoms with Crippen LogP contribution in [0.5, 0.6) is 0 Å². The van der Waals surface area contributed by atoms with Crippen LogP contribution in [-0.2, 0) is 4.79 Å². The SMILES string of the molecule is C/C=C(\C)[C@@H](O)CC(=O)[C@H](C)C[C@H](C)/C=C/C=C/C=C(\C)[C@H](C)Cl. The molecule has 0 aromatic carbocycles. The van der Waals surface area contributed by atoms with Crippen molar-refractivity contribution in [3.8, 4) is 0 Å². The average molecular weight is 353 g/mol. The van der Waals surface area contributed by atoms with E-state index in [1.807, 2.05) is 65.0 Å². The molecule has 0 spiro atoms. The molecule has 0 bridgehead atoms. The molecule has 0 aromatic rings. The highest BCUT2D eigenvalue weighted by molar-refractivity contribution is 6.22. The summed E-state index contributed by atoms with van der Waals surface area (Å²) >= 11 is 5.97. The van der Waals surface area contributed by atoms with Crippen LogP contribution in [0.25, 0.3) is 0 Å². The van der Waals surface area contributed by atoms with Gasteiger partial charge in [-0.15, -0.1) is 11.6 Å². The number of halogens is 1. The Hall–Kier alpha value is -1.12. The van der Waals surface area contributed by atoms with E-state index in [0.717, 1.165) is 17.6 Å². The van der Waals surface area contributed by atoms with Gasteiger partial charge in [-0.2, -0.15) is 0 Å². The fourth-order valence-corrected chi connectivity index (χ4v) is 2.24. The van der Waals surface area contributed by atoms with Crippen molar-refractivity contribution < 1.29 is 9.90 Å². The van der Waals surface area contributed by atoms with Gasteiger partial charge in [0, 0.05) is 12.3 Å². The normalized spacial score (nSPS) is 18.8. The quantitative estimate of drug-likeness (QED) is 0.314. The minimum Gasteiger partial charge on any atom is -0.388 e. The van der Waals surface area contributed by atoms with Gasteiger partial charge in [0.15, 0.2) is 0 Å². The van der Waals surface area contributed by atoms with Crippen LogP contribution in [0.3, 0.4) is 0 Å². The van der Waals surface area contributed by atoms with Crippen LogP contribution in [0.2, 0.25) is 0 Å². The molecular formula is C21H33ClO2. The van der Waals surface area contributed by atoms with Crippen LogP contribution < -0.4 is 0 Å². The Morgan fingerprint density at radius 3 is 2.25 bits per heavy atom. The third-order valence-corrected chi connectivity index (χ3v) is 4.64. The van der Waals surface area contributed by atoms with E-state index in [1.165, 1.54) is 0 Å². The molecule has 0 aliphatic carbocycles. The van der Waals surface area contributed by atoms with Crippen molar-refractivity contribution in [2.75, 3.05) is 0 Å². The van der Waals surface area contributed by atoms with Crippen molar-refractivity contribution in [2.24, 2.45) is 11.8 Å². The molecule has 0 aliphatic rings. The van der Waals surface area contributed by atoms with Gasteiger partial charge in [0.25, 0.3) is 0 Å². The number of hydrogen-bond donors (Lipinski definition) is 1. The third-order valence-electron chi connectivity index (χ3n) is 4.30. The zero-order valence-electron chi connectivity index (χ0n) is 15.9. The highest BCUT2D eigenvalue weighted by Gasteiger charge is 2.19. The van der Waals surface area contributed by atoms with Crippen LogP contribution in [0.1, 0.15) is 54.4 Å². The minimum atomic E-state index is -0.655. The lowest BCUT2D eigenvalue weighted by Crippen LogP contribution is -2.21. The Bertz CT molecular complexity index is 498. The van der Waals surface area contributed by atoms with E-state index in [1.54, 1.807) is 0 Å². The third kappa shape index (κ3) is 9.89. The zero-order chi connectivity index (χ0) is 18.7. The Morgan fingerprint density at radius 1 is 1.08 bits per heavy atom. The van der Waals surface area contributed by atoms with Crippen molar-refractivity contribution in [3.05, 3.63) is 47.6 Å². The number of aliphatic hydroxyl groups excluding tert-OH is 1. The summed E-state index contributed by atoms with van der Waals surface area (Å²) in [6, 6.07) is 0. The minimum absolute atomic E-state index is 0.0472. The molecule has 0 saturated carbocycles. The molecule has 0 radical (unpaired) electrons. The van der Waals surface area contributed by atoms with Gasteiger partial charge < -0.3 is 5.11 Å². The van der Waals surface area contributed by atoms with Crippen LogP contribution in [-0.4, -0.2) is 22.4 Å². The van der Waals surface area contributed by atoms with Gasteiger partial charge in [-0.25, -0.2) is 0 Å². The number of alkyl halides is 1. The van der Waals surface area contributed by atoms with Gasteiger partial charge in [-0.3, -0.25) is 4.79 Å². The lowest BCUT2D eigenvalue weighted by Gasteiger charge is -2.16. The molecule has 0 rings (SSSR count). The highest BCUT2D eigenvalue weighted by Crippen LogP contribution is 2.18. The second-order valence-corrected chi connectivity index (χ2v) is 7.28. The van der Waals surface area contributed by atoms with E-state index < -0.39 is 6.10 Å². The predicted molar refractivity (Wildman–Crippen MR) is 105 cm³/mol. The fraction of sp³-hybridized carbons (Fsp3) is 0.571. The van der Waals surface area contributed by atoms with Crippen LogP contribution in [0, 0.1) is 11.8 Å². The van der Waals surface area contributed by atoms with Gasteiger partial charge in [0.2, 0.25) is 0 Å². The van der Waals surface area contributed by atoms with E-state index >= 15 is 0 Å². The van der Waals surface area contributed by atoms with E-state index in [4.69, 9.17) is 11.6 Å². The molecule has 24 heavy (non-hydrogen) atoms. The Labute approximate surface area is 153 Å². The van der Waals surface area contributed by atoms with Gasteiger partial charge in [0.05, 0.1) is 11.5 Å². The largest absolute Gasteiger partial charge is 0.388 e. The van der Waals surface area contributed by atoms with Gasteiger partial charge >= 0.3 is 0 Å². The summed E-state index contributed by atoms with van der Waals surface area (Å²) in [4.78, 5) is 12.2. The van der Waals surface area contributed by atoms with E-state index in [9.17, 15) is 9.90 Å². The first-order valence-electron chi connectivity index (χ1n) is 8.68. The summed E-state index contributed by atoms with van der Waals surface area (Å²) in [6.45, 7) is 11.7. The Kier molecular flexibility index (Phi) is 11.7. The number of carbonyl (C=O) groups is 1. The maximum absolute atomic E-state index is 12.2. The molecule has 0 saturated heterocycles. The van der Waals surface area contributed by atoms with Crippen LogP contribution in [0.15, 0.2) is 47.6 Å². The monoisotopic (exact) mass is 352 g/mol. The fourth-order valence-electron chi connectivity index (χ4n) is 2.17. The lowest BCUT2D eigenvalue weighted by molar-refractivity contribution is -0.124. The van der Waals surface area contributed by atoms with E-state index in [0.29, 0.717) is 5.92 Å². The highest BCUT2D eigenvalue weighted by atomic mass is 35.5. The molecule has 0 aliphatic heterocycles. The van der Waals surface area contributed by atoms with Crippen LogP contribution in [0.4, 0.5) is 0 Å². The number of rotatable bonds is 10. The summed E-state index contributed by atoms with van der Waals surface area (Å²) < 4.78 is 0. The number of aliphatic hydroxyl groups is 1. The second-order valence-electron chi connectivity index (χ2n) is 6.63. The molecule has 0 unspecified atom stereocenters. The summed E-state index contributed by atoms with van der Waals surface area (Å²) in [5.74, 6) is 0.381. The molecule has 0 heterocycles. The second kappa shape index (κ2) is 12.3. The summed E-state index contributed by atoms with van der Waals surface area (Å²) in [6.07, 6.45) is 12.2. The van der Waals surface area contributed by atoms with Crippen molar-refractivity contribution >= 4 is 17.4 Å². The average Bonchev–Trinajstić information content (AvgIpc) is 2.52. The van der Waals surface area contributed by atoms with Gasteiger partial charge in [-0.1, -0.05) is 55.9 Å². The first-order chi connectivity index (χ1) is 11.2. The topological polar surface area (TPSA) is 37.3 Å². The standard InChI is InChI=1S/C21H33ClO2/c1-7-16(3)20(23)14-21(24)18(5)13-15(2)11-9-8-10-12-17(4)19(6)22/h7-12,15,18-20,23H,13-14H2,1-6H3/b10-8+,11-9+,16-7+,17-12+/t15-,18-,19+,20+/m1/s1. The molecule has 2 nitrogen and oxygen atoms in total. The van der Waals surface area contributed by atoms with Crippen molar-refractivity contribution in [3.63, 3.8) is 0 Å². The maximum Gasteiger partial charge on any atom is 0.138 e. The predicted octanol–water partition coefficient (Wildman–Crippen LogP) is 5.62. The molecule has 1 N–H and O–H groups in total. The molecular weight excluding hydrogens is 320 g/mol. The summed E-state index contributed by atoms with van der Waals surface area (Å²) in [7, 11) is 0. The molecule has 3 heteroatoms. The van der Waals surface area contributed by atoms with Gasteiger partial charge in [0.1, 0.15) is 5.78 Å². The summed E-state index contributed by atoms with van der Waals surface area (Å²) in [5.41, 5.74) is 1.98. The lowest BCUT2D eigenvalue weighted by atomic mass is 9.90. The number of allylic oxidation sites excluding steroid dienone is 7. The van der Waals surface area contributed by atoms with Crippen molar-refractivity contribution in [2.45, 2.75) is 65.9 Å². The van der Waals surface area contributed by atoms with Crippen molar-refractivity contribution in [1.29, 1.82) is 0 Å². The first kappa shape index (κ1) is 22.9. The number of hydrogen-bond acceptors (Lipinski definition) is 2. The van der Waals surface area contributed by atoms with E-state index in [2.05, 4.69) is 13.0 Å². The molecule has 0 amide bonds. The smallest absolute Gasteiger partial charge is 0.138 e. The number of ketones is 1. The van der Waals surface area contributed by atoms with E-state index in [-0.39, 0.29) is 23.5 Å². The molecule has 136 valence electrons. The molecule has 0 fully saturated rings. The Balaban J connectivity index is 4.38. The van der Waals surface area contributed by atoms with Gasteiger partial charge in [-0.05, 0) is 45.6 Å². The molecule has 4 atom stereocenters. The first-order valence-corrected chi connectivity index (χ1v) is 9.11.